The van der Waals surface area contributed by atoms with Crippen molar-refractivity contribution in [3.8, 4) is 0 Å². The van der Waals surface area contributed by atoms with Crippen LogP contribution in [0.5, 0.6) is 0 Å². The summed E-state index contributed by atoms with van der Waals surface area (Å²) in [7, 11) is 0. The fourth-order valence-electron chi connectivity index (χ4n) is 2.00. The molecular formula is C15H18F2N2O. The number of rotatable bonds is 5. The van der Waals surface area contributed by atoms with E-state index >= 15 is 0 Å². The van der Waals surface area contributed by atoms with Crippen LogP contribution in [0.15, 0.2) is 30.5 Å². The Labute approximate surface area is 116 Å². The molecule has 0 aliphatic carbocycles. The lowest BCUT2D eigenvalue weighted by molar-refractivity contribution is 0.171. The largest absolute Gasteiger partial charge is 0.388 e. The van der Waals surface area contributed by atoms with Gasteiger partial charge in [0.1, 0.15) is 11.6 Å². The molecule has 1 N–H and O–H groups in total. The van der Waals surface area contributed by atoms with E-state index in [-0.39, 0.29) is 18.0 Å². The molecule has 2 aromatic rings. The zero-order valence-corrected chi connectivity index (χ0v) is 11.6. The number of aliphatic hydroxyl groups excluding tert-OH is 1. The molecular weight excluding hydrogens is 262 g/mol. The summed E-state index contributed by atoms with van der Waals surface area (Å²) in [5, 5.41) is 14.4. The van der Waals surface area contributed by atoms with Crippen molar-refractivity contribution in [2.24, 2.45) is 0 Å². The fraction of sp³-hybridized carbons (Fsp3) is 0.400. The Morgan fingerprint density at radius 1 is 1.30 bits per heavy atom. The second kappa shape index (κ2) is 6.13. The van der Waals surface area contributed by atoms with Gasteiger partial charge in [0, 0.05) is 24.2 Å². The third kappa shape index (κ3) is 3.22. The van der Waals surface area contributed by atoms with E-state index in [1.54, 1.807) is 6.07 Å². The average molecular weight is 280 g/mol. The van der Waals surface area contributed by atoms with E-state index < -0.39 is 17.7 Å². The average Bonchev–Trinajstić information content (AvgIpc) is 2.89. The Kier molecular flexibility index (Phi) is 4.49. The summed E-state index contributed by atoms with van der Waals surface area (Å²) in [6.07, 6.45) is 1.83. The minimum Gasteiger partial charge on any atom is -0.388 e. The van der Waals surface area contributed by atoms with Crippen molar-refractivity contribution in [3.05, 3.63) is 53.4 Å². The SMILES string of the molecule is CCC(C)n1ccc(CC(O)c2cc(F)ccc2F)n1. The van der Waals surface area contributed by atoms with Gasteiger partial charge in [-0.3, -0.25) is 4.68 Å². The normalized spacial score (nSPS) is 14.2. The summed E-state index contributed by atoms with van der Waals surface area (Å²) >= 11 is 0. The van der Waals surface area contributed by atoms with Gasteiger partial charge in [-0.1, -0.05) is 6.92 Å². The van der Waals surface area contributed by atoms with Crippen LogP contribution in [-0.2, 0) is 6.42 Å². The van der Waals surface area contributed by atoms with Gasteiger partial charge in [0.2, 0.25) is 0 Å². The predicted octanol–water partition coefficient (Wildman–Crippen LogP) is 3.41. The van der Waals surface area contributed by atoms with Gasteiger partial charge in [-0.15, -0.1) is 0 Å². The number of halogens is 2. The van der Waals surface area contributed by atoms with Gasteiger partial charge in [0.05, 0.1) is 11.8 Å². The van der Waals surface area contributed by atoms with Crippen molar-refractivity contribution >= 4 is 0 Å². The Bertz CT molecular complexity index is 583. The van der Waals surface area contributed by atoms with Crippen molar-refractivity contribution in [2.75, 3.05) is 0 Å². The highest BCUT2D eigenvalue weighted by molar-refractivity contribution is 5.22. The molecule has 3 nitrogen and oxygen atoms in total. The first-order valence-corrected chi connectivity index (χ1v) is 6.68. The first-order chi connectivity index (χ1) is 9.51. The smallest absolute Gasteiger partial charge is 0.129 e. The van der Waals surface area contributed by atoms with Crippen LogP contribution in [0.3, 0.4) is 0 Å². The fourth-order valence-corrected chi connectivity index (χ4v) is 2.00. The molecule has 1 aromatic heterocycles. The third-order valence-electron chi connectivity index (χ3n) is 3.43. The molecule has 108 valence electrons. The zero-order chi connectivity index (χ0) is 14.7. The molecule has 0 saturated carbocycles. The molecule has 0 bridgehead atoms. The molecule has 1 aromatic carbocycles. The Balaban J connectivity index is 2.13. The number of hydrogen-bond acceptors (Lipinski definition) is 2. The summed E-state index contributed by atoms with van der Waals surface area (Å²) < 4.78 is 28.5. The van der Waals surface area contributed by atoms with Crippen molar-refractivity contribution in [1.82, 2.24) is 9.78 Å². The molecule has 0 aliphatic rings. The Morgan fingerprint density at radius 2 is 2.05 bits per heavy atom. The van der Waals surface area contributed by atoms with Gasteiger partial charge >= 0.3 is 0 Å². The van der Waals surface area contributed by atoms with E-state index in [0.29, 0.717) is 5.69 Å². The second-order valence-corrected chi connectivity index (χ2v) is 4.93. The number of aliphatic hydroxyl groups is 1. The molecule has 2 rings (SSSR count). The molecule has 1 heterocycles. The van der Waals surface area contributed by atoms with Crippen molar-refractivity contribution < 1.29 is 13.9 Å². The summed E-state index contributed by atoms with van der Waals surface area (Å²) in [5.74, 6) is -1.18. The minimum atomic E-state index is -1.11. The molecule has 0 amide bonds. The van der Waals surface area contributed by atoms with Crippen LogP contribution in [0, 0.1) is 11.6 Å². The molecule has 5 heteroatoms. The summed E-state index contributed by atoms with van der Waals surface area (Å²) in [6.45, 7) is 4.10. The van der Waals surface area contributed by atoms with E-state index in [1.165, 1.54) is 0 Å². The van der Waals surface area contributed by atoms with Gasteiger partial charge < -0.3 is 5.11 Å². The van der Waals surface area contributed by atoms with E-state index in [2.05, 4.69) is 12.0 Å². The van der Waals surface area contributed by atoms with Gasteiger partial charge in [-0.2, -0.15) is 5.10 Å². The van der Waals surface area contributed by atoms with Crippen LogP contribution < -0.4 is 0 Å². The highest BCUT2D eigenvalue weighted by Gasteiger charge is 2.16. The van der Waals surface area contributed by atoms with Gasteiger partial charge in [-0.05, 0) is 37.6 Å². The molecule has 20 heavy (non-hydrogen) atoms. The lowest BCUT2D eigenvalue weighted by Crippen LogP contribution is -2.08. The van der Waals surface area contributed by atoms with E-state index in [4.69, 9.17) is 0 Å². The number of nitrogens with zero attached hydrogens (tertiary/aromatic N) is 2. The lowest BCUT2D eigenvalue weighted by Gasteiger charge is -2.11. The minimum absolute atomic E-state index is 0.0388. The number of aromatic nitrogens is 2. The molecule has 0 fully saturated rings. The second-order valence-electron chi connectivity index (χ2n) is 4.93. The van der Waals surface area contributed by atoms with Crippen LogP contribution in [-0.4, -0.2) is 14.9 Å². The van der Waals surface area contributed by atoms with Crippen LogP contribution in [0.2, 0.25) is 0 Å². The summed E-state index contributed by atoms with van der Waals surface area (Å²) in [5.41, 5.74) is 0.615. The van der Waals surface area contributed by atoms with Crippen LogP contribution in [0.4, 0.5) is 8.78 Å². The highest BCUT2D eigenvalue weighted by atomic mass is 19.1. The standard InChI is InChI=1S/C15H18F2N2O/c1-3-10(2)19-7-6-12(18-19)9-15(20)13-8-11(16)4-5-14(13)17/h4-8,10,15,20H,3,9H2,1-2H3. The van der Waals surface area contributed by atoms with Gasteiger partial charge in [-0.25, -0.2) is 8.78 Å². The summed E-state index contributed by atoms with van der Waals surface area (Å²) in [6, 6.07) is 5.12. The number of hydrogen-bond donors (Lipinski definition) is 1. The Hall–Kier alpha value is -1.75. The topological polar surface area (TPSA) is 38.0 Å². The monoisotopic (exact) mass is 280 g/mol. The molecule has 0 radical (unpaired) electrons. The summed E-state index contributed by atoms with van der Waals surface area (Å²) in [4.78, 5) is 0. The first-order valence-electron chi connectivity index (χ1n) is 6.68. The maximum absolute atomic E-state index is 13.6. The van der Waals surface area contributed by atoms with E-state index in [9.17, 15) is 13.9 Å². The molecule has 2 unspecified atom stereocenters. The van der Waals surface area contributed by atoms with Gasteiger partial charge in [0.15, 0.2) is 0 Å². The Morgan fingerprint density at radius 3 is 2.75 bits per heavy atom. The van der Waals surface area contributed by atoms with E-state index in [0.717, 1.165) is 24.6 Å². The van der Waals surface area contributed by atoms with Crippen LogP contribution in [0.25, 0.3) is 0 Å². The lowest BCUT2D eigenvalue weighted by atomic mass is 10.0. The predicted molar refractivity (Wildman–Crippen MR) is 72.3 cm³/mol. The zero-order valence-electron chi connectivity index (χ0n) is 11.6. The van der Waals surface area contributed by atoms with Crippen LogP contribution in [0.1, 0.15) is 43.7 Å². The highest BCUT2D eigenvalue weighted by Crippen LogP contribution is 2.22. The number of benzene rings is 1. The molecule has 0 saturated heterocycles. The van der Waals surface area contributed by atoms with Crippen molar-refractivity contribution in [2.45, 2.75) is 38.8 Å². The quantitative estimate of drug-likeness (QED) is 0.911. The van der Waals surface area contributed by atoms with Crippen molar-refractivity contribution in [1.29, 1.82) is 0 Å². The first kappa shape index (κ1) is 14.7. The maximum Gasteiger partial charge on any atom is 0.129 e. The molecule has 0 spiro atoms. The molecule has 0 aliphatic heterocycles. The maximum atomic E-state index is 13.6. The van der Waals surface area contributed by atoms with Crippen molar-refractivity contribution in [3.63, 3.8) is 0 Å². The third-order valence-corrected chi connectivity index (χ3v) is 3.43. The van der Waals surface area contributed by atoms with Gasteiger partial charge in [0.25, 0.3) is 0 Å². The van der Waals surface area contributed by atoms with Crippen LogP contribution >= 0.6 is 0 Å². The van der Waals surface area contributed by atoms with E-state index in [1.807, 2.05) is 17.8 Å². The molecule has 2 atom stereocenters.